The van der Waals surface area contributed by atoms with Crippen molar-refractivity contribution < 1.29 is 54.0 Å². The van der Waals surface area contributed by atoms with Crippen molar-refractivity contribution in [2.45, 2.75) is 24.2 Å². The standard InChI is InChI=1S/C5H5F8O4P/c6-2(7)4(10,11)5(12,13)3(8,9)1-17-18(14,15)16/h2H,1H2,(H2,14,15,16). The van der Waals surface area contributed by atoms with Crippen LogP contribution in [0.1, 0.15) is 0 Å². The van der Waals surface area contributed by atoms with Crippen LogP contribution in [0.3, 0.4) is 0 Å². The van der Waals surface area contributed by atoms with Gasteiger partial charge in [0, 0.05) is 0 Å². The van der Waals surface area contributed by atoms with Gasteiger partial charge in [-0.3, -0.25) is 4.52 Å². The Morgan fingerprint density at radius 3 is 1.72 bits per heavy atom. The van der Waals surface area contributed by atoms with Crippen LogP contribution < -0.4 is 0 Å². The van der Waals surface area contributed by atoms with E-state index in [4.69, 9.17) is 9.79 Å². The molecule has 0 fully saturated rings. The molecule has 0 aromatic carbocycles. The summed E-state index contributed by atoms with van der Waals surface area (Å²) in [6.07, 6.45) is -5.10. The van der Waals surface area contributed by atoms with Crippen LogP contribution in [0.2, 0.25) is 0 Å². The molecule has 18 heavy (non-hydrogen) atoms. The Hall–Kier alpha value is -0.450. The van der Waals surface area contributed by atoms with Gasteiger partial charge >= 0.3 is 32.0 Å². The number of phosphoric acid groups is 1. The molecule has 0 aliphatic rings. The first-order valence-corrected chi connectivity index (χ1v) is 5.30. The molecule has 0 aromatic rings. The topological polar surface area (TPSA) is 66.8 Å². The van der Waals surface area contributed by atoms with Crippen LogP contribution in [-0.2, 0) is 9.09 Å². The van der Waals surface area contributed by atoms with Gasteiger partial charge in [-0.1, -0.05) is 0 Å². The molecule has 0 amide bonds. The Morgan fingerprint density at radius 1 is 1.06 bits per heavy atom. The molecule has 0 aliphatic carbocycles. The highest BCUT2D eigenvalue weighted by molar-refractivity contribution is 7.46. The van der Waals surface area contributed by atoms with E-state index < -0.39 is 38.6 Å². The minimum atomic E-state index is -6.55. The quantitative estimate of drug-likeness (QED) is 0.583. The average molecular weight is 312 g/mol. The van der Waals surface area contributed by atoms with Crippen molar-refractivity contribution in [2.24, 2.45) is 0 Å². The van der Waals surface area contributed by atoms with Crippen molar-refractivity contribution in [3.63, 3.8) is 0 Å². The Morgan fingerprint density at radius 2 is 1.44 bits per heavy atom. The summed E-state index contributed by atoms with van der Waals surface area (Å²) >= 11 is 0. The van der Waals surface area contributed by atoms with Gasteiger partial charge in [0.25, 0.3) is 0 Å². The lowest BCUT2D eigenvalue weighted by atomic mass is 10.1. The predicted octanol–water partition coefficient (Wildman–Crippen LogP) is 2.27. The monoisotopic (exact) mass is 312 g/mol. The van der Waals surface area contributed by atoms with Gasteiger partial charge in [-0.2, -0.15) is 26.3 Å². The van der Waals surface area contributed by atoms with Gasteiger partial charge in [-0.25, -0.2) is 13.3 Å². The third-order valence-electron chi connectivity index (χ3n) is 1.57. The summed E-state index contributed by atoms with van der Waals surface area (Å²) in [6, 6.07) is 0. The third kappa shape index (κ3) is 3.53. The zero-order valence-corrected chi connectivity index (χ0v) is 8.86. The van der Waals surface area contributed by atoms with Gasteiger partial charge in [0.15, 0.2) is 0 Å². The normalized spacial score (nSPS) is 15.3. The minimum absolute atomic E-state index is 2.85. The van der Waals surface area contributed by atoms with E-state index in [-0.39, 0.29) is 0 Å². The molecule has 13 heteroatoms. The predicted molar refractivity (Wildman–Crippen MR) is 38.8 cm³/mol. The fourth-order valence-electron chi connectivity index (χ4n) is 0.637. The van der Waals surface area contributed by atoms with Crippen molar-refractivity contribution in [1.29, 1.82) is 0 Å². The van der Waals surface area contributed by atoms with Crippen LogP contribution in [0.25, 0.3) is 0 Å². The fourth-order valence-corrected chi connectivity index (χ4v) is 0.967. The Balaban J connectivity index is 5.14. The van der Waals surface area contributed by atoms with E-state index in [0.29, 0.717) is 0 Å². The fraction of sp³-hybridized carbons (Fsp3) is 1.00. The molecule has 0 atom stereocenters. The maximum absolute atomic E-state index is 12.6. The zero-order chi connectivity index (χ0) is 15.0. The third-order valence-corrected chi connectivity index (χ3v) is 2.03. The van der Waals surface area contributed by atoms with Crippen LogP contribution in [0, 0.1) is 0 Å². The zero-order valence-electron chi connectivity index (χ0n) is 7.97. The molecule has 0 bridgehead atoms. The van der Waals surface area contributed by atoms with E-state index in [1.807, 2.05) is 0 Å². The Kier molecular flexibility index (Phi) is 4.79. The molecular formula is C5H5F8O4P. The molecule has 0 saturated carbocycles. The minimum Gasteiger partial charge on any atom is -0.303 e. The highest BCUT2D eigenvalue weighted by atomic mass is 31.2. The van der Waals surface area contributed by atoms with Crippen LogP contribution in [0.4, 0.5) is 35.1 Å². The van der Waals surface area contributed by atoms with Crippen LogP contribution >= 0.6 is 7.82 Å². The first-order valence-electron chi connectivity index (χ1n) is 3.77. The van der Waals surface area contributed by atoms with E-state index in [1.165, 1.54) is 0 Å². The van der Waals surface area contributed by atoms with Gasteiger partial charge in [0.05, 0.1) is 0 Å². The second-order valence-corrected chi connectivity index (χ2v) is 4.21. The average Bonchev–Trinajstić information content (AvgIpc) is 2.13. The molecule has 4 nitrogen and oxygen atoms in total. The molecule has 0 aliphatic heterocycles. The van der Waals surface area contributed by atoms with Crippen LogP contribution in [-0.4, -0.2) is 40.6 Å². The second kappa shape index (κ2) is 4.91. The summed E-state index contributed by atoms with van der Waals surface area (Å²) in [5.41, 5.74) is 0. The number of hydrogen-bond acceptors (Lipinski definition) is 2. The summed E-state index contributed by atoms with van der Waals surface area (Å²) in [5.74, 6) is -18.9. The smallest absolute Gasteiger partial charge is 0.303 e. The lowest BCUT2D eigenvalue weighted by molar-refractivity contribution is -0.342. The summed E-state index contributed by atoms with van der Waals surface area (Å²) in [7, 11) is -5.65. The largest absolute Gasteiger partial charge is 0.469 e. The Labute approximate surface area is 93.8 Å². The number of hydrogen-bond donors (Lipinski definition) is 2. The van der Waals surface area contributed by atoms with Crippen molar-refractivity contribution in [2.75, 3.05) is 6.61 Å². The maximum atomic E-state index is 12.6. The van der Waals surface area contributed by atoms with E-state index in [0.717, 1.165) is 0 Å². The Bertz CT molecular complexity index is 338. The molecule has 0 radical (unpaired) electrons. The van der Waals surface area contributed by atoms with Crippen molar-refractivity contribution in [3.05, 3.63) is 0 Å². The molecule has 0 saturated heterocycles. The molecule has 0 spiro atoms. The number of halogens is 8. The summed E-state index contributed by atoms with van der Waals surface area (Å²) in [4.78, 5) is 15.9. The van der Waals surface area contributed by atoms with Crippen molar-refractivity contribution >= 4 is 7.82 Å². The first-order chi connectivity index (χ1) is 7.65. The van der Waals surface area contributed by atoms with Gasteiger partial charge in [-0.05, 0) is 0 Å². The molecule has 0 unspecified atom stereocenters. The van der Waals surface area contributed by atoms with Gasteiger partial charge in [-0.15, -0.1) is 0 Å². The number of rotatable bonds is 6. The van der Waals surface area contributed by atoms with E-state index in [1.54, 1.807) is 0 Å². The summed E-state index contributed by atoms with van der Waals surface area (Å²) < 4.78 is 110. The molecule has 0 aromatic heterocycles. The van der Waals surface area contributed by atoms with E-state index in [2.05, 4.69) is 4.52 Å². The lowest BCUT2D eigenvalue weighted by Gasteiger charge is -2.31. The van der Waals surface area contributed by atoms with Crippen molar-refractivity contribution in [3.8, 4) is 0 Å². The molecular weight excluding hydrogens is 307 g/mol. The highest BCUT2D eigenvalue weighted by Crippen LogP contribution is 2.50. The molecule has 110 valence electrons. The van der Waals surface area contributed by atoms with Crippen molar-refractivity contribution in [1.82, 2.24) is 0 Å². The SMILES string of the molecule is O=P(O)(O)OCC(F)(F)C(F)(F)C(F)(F)C(F)F. The first kappa shape index (κ1) is 17.6. The second-order valence-electron chi connectivity index (χ2n) is 2.97. The summed E-state index contributed by atoms with van der Waals surface area (Å²) in [6.45, 7) is -2.85. The molecule has 0 heterocycles. The van der Waals surface area contributed by atoms with Gasteiger partial charge in [0.1, 0.15) is 6.61 Å². The highest BCUT2D eigenvalue weighted by Gasteiger charge is 2.75. The summed E-state index contributed by atoms with van der Waals surface area (Å²) in [5, 5.41) is 0. The van der Waals surface area contributed by atoms with Crippen LogP contribution in [0.5, 0.6) is 0 Å². The lowest BCUT2D eigenvalue weighted by Crippen LogP contribution is -2.59. The van der Waals surface area contributed by atoms with Gasteiger partial charge < -0.3 is 9.79 Å². The number of phosphoric ester groups is 1. The van der Waals surface area contributed by atoms with E-state index in [9.17, 15) is 39.7 Å². The van der Waals surface area contributed by atoms with Crippen LogP contribution in [0.15, 0.2) is 0 Å². The number of alkyl halides is 8. The molecule has 0 rings (SSSR count). The van der Waals surface area contributed by atoms with Gasteiger partial charge in [0.2, 0.25) is 0 Å². The maximum Gasteiger partial charge on any atom is 0.469 e. The van der Waals surface area contributed by atoms with E-state index >= 15 is 0 Å². The molecule has 2 N–H and O–H groups in total.